The smallest absolute Gasteiger partial charge is 0.317 e. The van der Waals surface area contributed by atoms with E-state index in [4.69, 9.17) is 4.74 Å². The highest BCUT2D eigenvalue weighted by Gasteiger charge is 2.15. The molecular formula is C16H26N2O3. The van der Waals surface area contributed by atoms with Crippen molar-refractivity contribution in [3.8, 4) is 5.75 Å². The Morgan fingerprint density at radius 3 is 2.76 bits per heavy atom. The number of carbonyl (C=O) groups is 1. The minimum absolute atomic E-state index is 0.169. The number of nitrogens with one attached hydrogen (secondary N) is 1. The molecule has 5 heteroatoms. The van der Waals surface area contributed by atoms with Crippen molar-refractivity contribution in [1.29, 1.82) is 0 Å². The van der Waals surface area contributed by atoms with Crippen molar-refractivity contribution in [2.24, 2.45) is 5.92 Å². The number of likely N-dealkylation sites (N-methyl/N-ethyl adjacent to an activating group) is 1. The molecule has 1 unspecified atom stereocenters. The molecule has 0 saturated carbocycles. The lowest BCUT2D eigenvalue weighted by molar-refractivity contribution is 0.131. The zero-order valence-electron chi connectivity index (χ0n) is 13.3. The van der Waals surface area contributed by atoms with E-state index in [-0.39, 0.29) is 12.6 Å². The van der Waals surface area contributed by atoms with E-state index in [0.717, 1.165) is 12.0 Å². The van der Waals surface area contributed by atoms with E-state index in [0.29, 0.717) is 18.2 Å². The highest BCUT2D eigenvalue weighted by Crippen LogP contribution is 2.19. The molecule has 0 aliphatic carbocycles. The fourth-order valence-electron chi connectivity index (χ4n) is 1.90. The first-order valence-electron chi connectivity index (χ1n) is 7.25. The van der Waals surface area contributed by atoms with Crippen LogP contribution in [0.2, 0.25) is 0 Å². The number of hydrogen-bond donors (Lipinski definition) is 2. The van der Waals surface area contributed by atoms with Gasteiger partial charge >= 0.3 is 6.03 Å². The van der Waals surface area contributed by atoms with E-state index in [1.807, 2.05) is 18.2 Å². The average Bonchev–Trinajstić information content (AvgIpc) is 2.46. The monoisotopic (exact) mass is 294 g/mol. The van der Waals surface area contributed by atoms with E-state index in [9.17, 15) is 9.90 Å². The molecule has 0 fully saturated rings. The summed E-state index contributed by atoms with van der Waals surface area (Å²) in [6.07, 6.45) is 0.207. The van der Waals surface area contributed by atoms with Crippen LogP contribution < -0.4 is 10.1 Å². The first-order valence-corrected chi connectivity index (χ1v) is 7.25. The van der Waals surface area contributed by atoms with Crippen LogP contribution in [0.3, 0.4) is 0 Å². The van der Waals surface area contributed by atoms with E-state index < -0.39 is 6.10 Å². The maximum Gasteiger partial charge on any atom is 0.317 e. The molecule has 1 aromatic carbocycles. The van der Waals surface area contributed by atoms with Gasteiger partial charge in [-0.25, -0.2) is 4.79 Å². The first-order chi connectivity index (χ1) is 9.93. The molecule has 2 N–H and O–H groups in total. The average molecular weight is 294 g/mol. The van der Waals surface area contributed by atoms with Gasteiger partial charge in [-0.3, -0.25) is 0 Å². The minimum Gasteiger partial charge on any atom is -0.497 e. The van der Waals surface area contributed by atoms with Crippen LogP contribution in [-0.4, -0.2) is 43.3 Å². The predicted octanol–water partition coefficient (Wildman–Crippen LogP) is 2.42. The van der Waals surface area contributed by atoms with Crippen molar-refractivity contribution >= 4 is 6.03 Å². The SMILES string of the molecule is COc1cccc(C(O)CN(C)C(=O)NCCC(C)C)c1. The van der Waals surface area contributed by atoms with Gasteiger partial charge in [-0.05, 0) is 30.0 Å². The molecule has 0 radical (unpaired) electrons. The summed E-state index contributed by atoms with van der Waals surface area (Å²) in [6, 6.07) is 7.06. The largest absolute Gasteiger partial charge is 0.497 e. The van der Waals surface area contributed by atoms with Crippen LogP contribution in [0.25, 0.3) is 0 Å². The third-order valence-corrected chi connectivity index (χ3v) is 3.27. The van der Waals surface area contributed by atoms with Gasteiger partial charge in [-0.1, -0.05) is 26.0 Å². The van der Waals surface area contributed by atoms with Gasteiger partial charge in [0, 0.05) is 13.6 Å². The van der Waals surface area contributed by atoms with E-state index >= 15 is 0 Å². The van der Waals surface area contributed by atoms with Gasteiger partial charge in [-0.2, -0.15) is 0 Å². The number of urea groups is 1. The van der Waals surface area contributed by atoms with Crippen molar-refractivity contribution in [2.75, 3.05) is 27.2 Å². The van der Waals surface area contributed by atoms with Crippen LogP contribution in [0.1, 0.15) is 31.9 Å². The summed E-state index contributed by atoms with van der Waals surface area (Å²) >= 11 is 0. The lowest BCUT2D eigenvalue weighted by Crippen LogP contribution is -2.40. The number of aliphatic hydroxyl groups excluding tert-OH is 1. The Labute approximate surface area is 126 Å². The number of methoxy groups -OCH3 is 1. The molecule has 0 saturated heterocycles. The van der Waals surface area contributed by atoms with Crippen molar-refractivity contribution < 1.29 is 14.6 Å². The standard InChI is InChI=1S/C16H26N2O3/c1-12(2)8-9-17-16(20)18(3)11-15(19)13-6-5-7-14(10-13)21-4/h5-7,10,12,15,19H,8-9,11H2,1-4H3,(H,17,20). The Kier molecular flexibility index (Phi) is 7.02. The first kappa shape index (κ1) is 17.3. The van der Waals surface area contributed by atoms with Gasteiger partial charge in [-0.15, -0.1) is 0 Å². The Bertz CT molecular complexity index is 449. The number of amides is 2. The molecule has 0 heterocycles. The van der Waals surface area contributed by atoms with Gasteiger partial charge in [0.1, 0.15) is 5.75 Å². The summed E-state index contributed by atoms with van der Waals surface area (Å²) in [7, 11) is 3.26. The zero-order chi connectivity index (χ0) is 15.8. The molecule has 0 spiro atoms. The van der Waals surface area contributed by atoms with Crippen molar-refractivity contribution in [1.82, 2.24) is 10.2 Å². The van der Waals surface area contributed by atoms with Crippen LogP contribution in [0.4, 0.5) is 4.79 Å². The molecule has 0 aliphatic heterocycles. The summed E-state index contributed by atoms with van der Waals surface area (Å²) in [5, 5.41) is 13.0. The molecule has 2 amide bonds. The Hall–Kier alpha value is -1.75. The number of nitrogens with zero attached hydrogens (tertiary/aromatic N) is 1. The molecule has 1 aromatic rings. The van der Waals surface area contributed by atoms with Gasteiger partial charge in [0.15, 0.2) is 0 Å². The Balaban J connectivity index is 2.48. The third kappa shape index (κ3) is 6.04. The van der Waals surface area contributed by atoms with Crippen molar-refractivity contribution in [3.63, 3.8) is 0 Å². The van der Waals surface area contributed by atoms with E-state index in [1.54, 1.807) is 20.2 Å². The van der Waals surface area contributed by atoms with Crippen molar-refractivity contribution in [2.45, 2.75) is 26.4 Å². The molecule has 1 rings (SSSR count). The molecule has 118 valence electrons. The lowest BCUT2D eigenvalue weighted by Gasteiger charge is -2.22. The molecule has 21 heavy (non-hydrogen) atoms. The quantitative estimate of drug-likeness (QED) is 0.812. The minimum atomic E-state index is -0.735. The Morgan fingerprint density at radius 1 is 1.43 bits per heavy atom. The van der Waals surface area contributed by atoms with Gasteiger partial charge in [0.25, 0.3) is 0 Å². The van der Waals surface area contributed by atoms with Crippen molar-refractivity contribution in [3.05, 3.63) is 29.8 Å². The fourth-order valence-corrected chi connectivity index (χ4v) is 1.90. The number of aliphatic hydroxyl groups is 1. The summed E-state index contributed by atoms with van der Waals surface area (Å²) in [5.74, 6) is 1.24. The summed E-state index contributed by atoms with van der Waals surface area (Å²) in [6.45, 7) is 5.11. The third-order valence-electron chi connectivity index (χ3n) is 3.27. The zero-order valence-corrected chi connectivity index (χ0v) is 13.3. The van der Waals surface area contributed by atoms with Crippen LogP contribution in [0.5, 0.6) is 5.75 Å². The number of ether oxygens (including phenoxy) is 1. The second kappa shape index (κ2) is 8.52. The molecule has 0 aromatic heterocycles. The van der Waals surface area contributed by atoms with E-state index in [1.165, 1.54) is 4.90 Å². The van der Waals surface area contributed by atoms with Crippen LogP contribution >= 0.6 is 0 Å². The lowest BCUT2D eigenvalue weighted by atomic mass is 10.1. The van der Waals surface area contributed by atoms with Gasteiger partial charge < -0.3 is 20.1 Å². The molecule has 0 bridgehead atoms. The van der Waals surface area contributed by atoms with Crippen LogP contribution in [0.15, 0.2) is 24.3 Å². The second-order valence-corrected chi connectivity index (χ2v) is 5.59. The van der Waals surface area contributed by atoms with Crippen LogP contribution in [0, 0.1) is 5.92 Å². The predicted molar refractivity (Wildman–Crippen MR) is 83.4 cm³/mol. The Morgan fingerprint density at radius 2 is 2.14 bits per heavy atom. The summed E-state index contributed by atoms with van der Waals surface area (Å²) < 4.78 is 5.13. The topological polar surface area (TPSA) is 61.8 Å². The molecular weight excluding hydrogens is 268 g/mol. The normalized spacial score (nSPS) is 12.1. The van der Waals surface area contributed by atoms with Gasteiger partial charge in [0.2, 0.25) is 0 Å². The number of hydrogen-bond acceptors (Lipinski definition) is 3. The second-order valence-electron chi connectivity index (χ2n) is 5.59. The number of carbonyl (C=O) groups excluding carboxylic acids is 1. The summed E-state index contributed by atoms with van der Waals surface area (Å²) in [5.41, 5.74) is 0.733. The maximum atomic E-state index is 11.9. The highest BCUT2D eigenvalue weighted by atomic mass is 16.5. The summed E-state index contributed by atoms with van der Waals surface area (Å²) in [4.78, 5) is 13.4. The molecule has 5 nitrogen and oxygen atoms in total. The highest BCUT2D eigenvalue weighted by molar-refractivity contribution is 5.73. The van der Waals surface area contributed by atoms with E-state index in [2.05, 4.69) is 19.2 Å². The number of benzene rings is 1. The fraction of sp³-hybridized carbons (Fsp3) is 0.562. The molecule has 0 aliphatic rings. The molecule has 1 atom stereocenters. The number of rotatable bonds is 7. The van der Waals surface area contributed by atoms with Gasteiger partial charge in [0.05, 0.1) is 19.8 Å². The van der Waals surface area contributed by atoms with Crippen LogP contribution in [-0.2, 0) is 0 Å². The maximum absolute atomic E-state index is 11.9.